The van der Waals surface area contributed by atoms with E-state index < -0.39 is 23.8 Å². The van der Waals surface area contributed by atoms with E-state index in [1.807, 2.05) is 0 Å². The Morgan fingerprint density at radius 1 is 1.37 bits per heavy atom. The summed E-state index contributed by atoms with van der Waals surface area (Å²) in [6, 6.07) is 2.21. The van der Waals surface area contributed by atoms with Gasteiger partial charge in [-0.3, -0.25) is 4.79 Å². The molecule has 0 unspecified atom stereocenters. The highest BCUT2D eigenvalue weighted by Gasteiger charge is 2.11. The highest BCUT2D eigenvalue weighted by atomic mass is 19.1. The third-order valence-corrected chi connectivity index (χ3v) is 2.09. The molecule has 0 atom stereocenters. The number of aromatic carboxylic acids is 1. The molecule has 0 fully saturated rings. The SMILES string of the molecule is COC(=O)CNC(=O)Nc1ccc(C(=O)O)cc1F. The number of carboxylic acids is 1. The van der Waals surface area contributed by atoms with Crippen LogP contribution in [0.1, 0.15) is 10.4 Å². The Morgan fingerprint density at radius 2 is 2.05 bits per heavy atom. The number of ether oxygens (including phenoxy) is 1. The van der Waals surface area contributed by atoms with Crippen LogP contribution in [-0.4, -0.2) is 36.7 Å². The molecule has 2 amide bonds. The van der Waals surface area contributed by atoms with E-state index in [4.69, 9.17) is 5.11 Å². The van der Waals surface area contributed by atoms with Crippen molar-refractivity contribution in [1.29, 1.82) is 0 Å². The number of benzene rings is 1. The third kappa shape index (κ3) is 4.26. The number of halogens is 1. The molecular formula is C11H11FN2O5. The van der Waals surface area contributed by atoms with E-state index in [2.05, 4.69) is 15.4 Å². The zero-order valence-corrected chi connectivity index (χ0v) is 9.90. The molecule has 1 aromatic carbocycles. The number of urea groups is 1. The van der Waals surface area contributed by atoms with Crippen molar-refractivity contribution < 1.29 is 28.6 Å². The number of hydrogen-bond donors (Lipinski definition) is 3. The molecule has 3 N–H and O–H groups in total. The lowest BCUT2D eigenvalue weighted by Crippen LogP contribution is -2.34. The van der Waals surface area contributed by atoms with Crippen LogP contribution in [0.4, 0.5) is 14.9 Å². The van der Waals surface area contributed by atoms with Crippen LogP contribution in [0.2, 0.25) is 0 Å². The van der Waals surface area contributed by atoms with Crippen molar-refractivity contribution in [2.24, 2.45) is 0 Å². The average molecular weight is 270 g/mol. The van der Waals surface area contributed by atoms with Crippen molar-refractivity contribution in [3.63, 3.8) is 0 Å². The number of hydrogen-bond acceptors (Lipinski definition) is 4. The predicted molar refractivity (Wildman–Crippen MR) is 62.4 cm³/mol. The Labute approximate surface area is 107 Å². The van der Waals surface area contributed by atoms with Gasteiger partial charge in [-0.25, -0.2) is 14.0 Å². The summed E-state index contributed by atoms with van der Waals surface area (Å²) in [5.74, 6) is -2.83. The fraction of sp³-hybridized carbons (Fsp3) is 0.182. The van der Waals surface area contributed by atoms with Crippen molar-refractivity contribution >= 4 is 23.7 Å². The van der Waals surface area contributed by atoms with E-state index in [0.29, 0.717) is 0 Å². The molecule has 19 heavy (non-hydrogen) atoms. The van der Waals surface area contributed by atoms with Gasteiger partial charge in [0.2, 0.25) is 0 Å². The van der Waals surface area contributed by atoms with Gasteiger partial charge in [-0.05, 0) is 18.2 Å². The van der Waals surface area contributed by atoms with Crippen LogP contribution in [0.3, 0.4) is 0 Å². The molecule has 0 heterocycles. The molecule has 0 bridgehead atoms. The molecule has 0 aromatic heterocycles. The first-order valence-corrected chi connectivity index (χ1v) is 5.08. The minimum atomic E-state index is -1.28. The molecule has 1 aromatic rings. The maximum atomic E-state index is 13.4. The van der Waals surface area contributed by atoms with Crippen LogP contribution in [-0.2, 0) is 9.53 Å². The van der Waals surface area contributed by atoms with E-state index in [9.17, 15) is 18.8 Å². The summed E-state index contributed by atoms with van der Waals surface area (Å²) in [6.07, 6.45) is 0. The molecule has 0 spiro atoms. The van der Waals surface area contributed by atoms with Gasteiger partial charge < -0.3 is 20.5 Å². The molecule has 8 heteroatoms. The monoisotopic (exact) mass is 270 g/mol. The maximum Gasteiger partial charge on any atom is 0.335 e. The third-order valence-electron chi connectivity index (χ3n) is 2.09. The van der Waals surface area contributed by atoms with Crippen LogP contribution >= 0.6 is 0 Å². The van der Waals surface area contributed by atoms with Gasteiger partial charge in [0, 0.05) is 0 Å². The Hall–Kier alpha value is -2.64. The van der Waals surface area contributed by atoms with Gasteiger partial charge in [0.15, 0.2) is 0 Å². The topological polar surface area (TPSA) is 105 Å². The second-order valence-electron chi connectivity index (χ2n) is 3.38. The molecule has 0 radical (unpaired) electrons. The van der Waals surface area contributed by atoms with Crippen LogP contribution in [0.25, 0.3) is 0 Å². The zero-order valence-electron chi connectivity index (χ0n) is 9.90. The second kappa shape index (κ2) is 6.34. The zero-order chi connectivity index (χ0) is 14.4. The highest BCUT2D eigenvalue weighted by molar-refractivity contribution is 5.93. The summed E-state index contributed by atoms with van der Waals surface area (Å²) in [7, 11) is 1.16. The number of anilines is 1. The van der Waals surface area contributed by atoms with Crippen LogP contribution in [0.5, 0.6) is 0 Å². The molecule has 0 saturated carbocycles. The molecular weight excluding hydrogens is 259 g/mol. The lowest BCUT2D eigenvalue weighted by atomic mass is 10.2. The van der Waals surface area contributed by atoms with Crippen molar-refractivity contribution in [2.45, 2.75) is 0 Å². The summed E-state index contributed by atoms with van der Waals surface area (Å²) < 4.78 is 17.7. The minimum absolute atomic E-state index is 0.202. The fourth-order valence-corrected chi connectivity index (χ4v) is 1.14. The minimum Gasteiger partial charge on any atom is -0.478 e. The van der Waals surface area contributed by atoms with E-state index >= 15 is 0 Å². The van der Waals surface area contributed by atoms with Crippen molar-refractivity contribution in [3.05, 3.63) is 29.6 Å². The summed E-state index contributed by atoms with van der Waals surface area (Å²) in [5.41, 5.74) is -0.439. The van der Waals surface area contributed by atoms with Crippen molar-refractivity contribution in [2.75, 3.05) is 19.0 Å². The highest BCUT2D eigenvalue weighted by Crippen LogP contribution is 2.15. The summed E-state index contributed by atoms with van der Waals surface area (Å²) in [4.78, 5) is 32.6. The van der Waals surface area contributed by atoms with Crippen LogP contribution in [0, 0.1) is 5.82 Å². The number of amides is 2. The molecule has 1 rings (SSSR count). The second-order valence-corrected chi connectivity index (χ2v) is 3.38. The predicted octanol–water partition coefficient (Wildman–Crippen LogP) is 0.818. The number of carboxylic acid groups (broad SMARTS) is 1. The van der Waals surface area contributed by atoms with Crippen LogP contribution in [0.15, 0.2) is 18.2 Å². The first-order valence-electron chi connectivity index (χ1n) is 5.08. The number of nitrogens with one attached hydrogen (secondary N) is 2. The Kier molecular flexibility index (Phi) is 4.81. The number of esters is 1. The van der Waals surface area contributed by atoms with E-state index in [1.165, 1.54) is 0 Å². The fourth-order valence-electron chi connectivity index (χ4n) is 1.14. The molecule has 0 aliphatic heterocycles. The molecule has 7 nitrogen and oxygen atoms in total. The lowest BCUT2D eigenvalue weighted by Gasteiger charge is -2.08. The normalized spacial score (nSPS) is 9.58. The van der Waals surface area contributed by atoms with Crippen LogP contribution < -0.4 is 10.6 Å². The first kappa shape index (κ1) is 14.4. The van der Waals surface area contributed by atoms with E-state index in [-0.39, 0.29) is 17.8 Å². The summed E-state index contributed by atoms with van der Waals surface area (Å²) >= 11 is 0. The molecule has 0 aliphatic rings. The van der Waals surface area contributed by atoms with Gasteiger partial charge >= 0.3 is 18.0 Å². The molecule has 0 aliphatic carbocycles. The van der Waals surface area contributed by atoms with E-state index in [1.54, 1.807) is 0 Å². The Balaban J connectivity index is 2.64. The number of carbonyl (C=O) groups excluding carboxylic acids is 2. The summed E-state index contributed by atoms with van der Waals surface area (Å²) in [6.45, 7) is -0.364. The standard InChI is InChI=1S/C11H11FN2O5/c1-19-9(15)5-13-11(18)14-8-3-2-6(10(16)17)4-7(8)12/h2-4H,5H2,1H3,(H,16,17)(H2,13,14,18). The quantitative estimate of drug-likeness (QED) is 0.702. The van der Waals surface area contributed by atoms with Gasteiger partial charge in [-0.1, -0.05) is 0 Å². The number of methoxy groups -OCH3 is 1. The van der Waals surface area contributed by atoms with Gasteiger partial charge in [0.1, 0.15) is 12.4 Å². The molecule has 102 valence electrons. The smallest absolute Gasteiger partial charge is 0.335 e. The summed E-state index contributed by atoms with van der Waals surface area (Å²) in [5, 5.41) is 12.9. The number of rotatable bonds is 4. The van der Waals surface area contributed by atoms with Crippen molar-refractivity contribution in [1.82, 2.24) is 5.32 Å². The average Bonchev–Trinajstić information content (AvgIpc) is 2.38. The lowest BCUT2D eigenvalue weighted by molar-refractivity contribution is -0.139. The van der Waals surface area contributed by atoms with Gasteiger partial charge in [0.25, 0.3) is 0 Å². The maximum absolute atomic E-state index is 13.4. The van der Waals surface area contributed by atoms with E-state index in [0.717, 1.165) is 25.3 Å². The van der Waals surface area contributed by atoms with Gasteiger partial charge in [-0.15, -0.1) is 0 Å². The Morgan fingerprint density at radius 3 is 2.58 bits per heavy atom. The first-order chi connectivity index (χ1) is 8.93. The molecule has 0 saturated heterocycles. The van der Waals surface area contributed by atoms with Gasteiger partial charge in [-0.2, -0.15) is 0 Å². The largest absolute Gasteiger partial charge is 0.478 e. The van der Waals surface area contributed by atoms with Gasteiger partial charge in [0.05, 0.1) is 18.4 Å². The Bertz CT molecular complexity index is 518. The van der Waals surface area contributed by atoms with Crippen molar-refractivity contribution in [3.8, 4) is 0 Å². The number of carbonyl (C=O) groups is 3.